The van der Waals surface area contributed by atoms with Crippen LogP contribution in [0, 0.1) is 11.3 Å². The van der Waals surface area contributed by atoms with Gasteiger partial charge in [0.25, 0.3) is 0 Å². The largest absolute Gasteiger partial charge is 0.417 e. The highest BCUT2D eigenvalue weighted by atomic mass is 79.9. The average Bonchev–Trinajstić information content (AvgIpc) is 2.15. The number of benzene rings is 1. The van der Waals surface area contributed by atoms with Gasteiger partial charge in [0.2, 0.25) is 0 Å². The third kappa shape index (κ3) is 2.30. The van der Waals surface area contributed by atoms with Crippen LogP contribution < -0.4 is 5.73 Å². The zero-order valence-electron chi connectivity index (χ0n) is 7.40. The fourth-order valence-electron chi connectivity index (χ4n) is 1.24. The molecular formula is C9H6BrF3N2. The Kier molecular flexibility index (Phi) is 3.37. The maximum Gasteiger partial charge on any atom is 0.417 e. The van der Waals surface area contributed by atoms with Gasteiger partial charge in [-0.15, -0.1) is 0 Å². The lowest BCUT2D eigenvalue weighted by atomic mass is 10.0. The SMILES string of the molecule is N#Cc1ccc(Br)c(C(F)(F)F)c1CN. The maximum absolute atomic E-state index is 12.6. The van der Waals surface area contributed by atoms with Crippen LogP contribution in [0.4, 0.5) is 13.2 Å². The van der Waals surface area contributed by atoms with Crippen LogP contribution in [0.15, 0.2) is 16.6 Å². The normalized spacial score (nSPS) is 11.2. The number of hydrogen-bond acceptors (Lipinski definition) is 2. The molecule has 0 aromatic heterocycles. The molecule has 0 saturated heterocycles. The Balaban J connectivity index is 3.55. The van der Waals surface area contributed by atoms with Gasteiger partial charge in [-0.1, -0.05) is 15.9 Å². The van der Waals surface area contributed by atoms with E-state index in [4.69, 9.17) is 11.0 Å². The summed E-state index contributed by atoms with van der Waals surface area (Å²) in [7, 11) is 0. The Labute approximate surface area is 92.6 Å². The Morgan fingerprint density at radius 3 is 2.40 bits per heavy atom. The molecule has 0 radical (unpaired) electrons. The van der Waals surface area contributed by atoms with Crippen molar-refractivity contribution in [3.63, 3.8) is 0 Å². The fraction of sp³-hybridized carbons (Fsp3) is 0.222. The molecule has 0 amide bonds. The van der Waals surface area contributed by atoms with E-state index < -0.39 is 11.7 Å². The Morgan fingerprint density at radius 1 is 1.40 bits per heavy atom. The van der Waals surface area contributed by atoms with Gasteiger partial charge >= 0.3 is 6.18 Å². The first-order valence-corrected chi connectivity index (χ1v) is 4.70. The molecule has 80 valence electrons. The van der Waals surface area contributed by atoms with Crippen LogP contribution in [0.2, 0.25) is 0 Å². The molecule has 0 unspecified atom stereocenters. The Hall–Kier alpha value is -1.06. The van der Waals surface area contributed by atoms with E-state index in [1.54, 1.807) is 6.07 Å². The van der Waals surface area contributed by atoms with Crippen molar-refractivity contribution < 1.29 is 13.2 Å². The number of alkyl halides is 3. The van der Waals surface area contributed by atoms with Gasteiger partial charge < -0.3 is 5.73 Å². The predicted molar refractivity (Wildman–Crippen MR) is 51.8 cm³/mol. The van der Waals surface area contributed by atoms with Crippen LogP contribution in [-0.4, -0.2) is 0 Å². The van der Waals surface area contributed by atoms with Gasteiger partial charge in [-0.3, -0.25) is 0 Å². The van der Waals surface area contributed by atoms with Crippen molar-refractivity contribution in [3.8, 4) is 6.07 Å². The fourth-order valence-corrected chi connectivity index (χ4v) is 1.84. The standard InChI is InChI=1S/C9H6BrF3N2/c10-7-2-1-5(3-14)6(4-15)8(7)9(11,12)13/h1-2H,4,15H2. The van der Waals surface area contributed by atoms with E-state index in [9.17, 15) is 13.2 Å². The lowest BCUT2D eigenvalue weighted by Crippen LogP contribution is -2.14. The first-order chi connectivity index (χ1) is 6.91. The van der Waals surface area contributed by atoms with Crippen LogP contribution in [0.1, 0.15) is 16.7 Å². The monoisotopic (exact) mass is 278 g/mol. The molecule has 0 bridgehead atoms. The van der Waals surface area contributed by atoms with E-state index in [0.29, 0.717) is 0 Å². The molecule has 0 heterocycles. The van der Waals surface area contributed by atoms with Crippen LogP contribution in [0.3, 0.4) is 0 Å². The second-order valence-electron chi connectivity index (χ2n) is 2.76. The molecule has 0 saturated carbocycles. The number of rotatable bonds is 1. The Morgan fingerprint density at radius 2 is 2.00 bits per heavy atom. The minimum Gasteiger partial charge on any atom is -0.326 e. The Bertz CT molecular complexity index is 421. The topological polar surface area (TPSA) is 49.8 Å². The molecule has 6 heteroatoms. The lowest BCUT2D eigenvalue weighted by Gasteiger charge is -2.14. The summed E-state index contributed by atoms with van der Waals surface area (Å²) in [5.74, 6) is 0. The first-order valence-electron chi connectivity index (χ1n) is 3.90. The van der Waals surface area contributed by atoms with Crippen molar-refractivity contribution in [2.45, 2.75) is 12.7 Å². The highest BCUT2D eigenvalue weighted by molar-refractivity contribution is 9.10. The van der Waals surface area contributed by atoms with E-state index in [1.165, 1.54) is 12.1 Å². The van der Waals surface area contributed by atoms with Crippen molar-refractivity contribution in [1.29, 1.82) is 5.26 Å². The third-order valence-electron chi connectivity index (χ3n) is 1.87. The summed E-state index contributed by atoms with van der Waals surface area (Å²) < 4.78 is 37.8. The van der Waals surface area contributed by atoms with Gasteiger partial charge in [-0.25, -0.2) is 0 Å². The lowest BCUT2D eigenvalue weighted by molar-refractivity contribution is -0.138. The highest BCUT2D eigenvalue weighted by Gasteiger charge is 2.36. The summed E-state index contributed by atoms with van der Waals surface area (Å²) >= 11 is 2.80. The summed E-state index contributed by atoms with van der Waals surface area (Å²) in [5, 5.41) is 8.64. The van der Waals surface area contributed by atoms with Crippen molar-refractivity contribution in [3.05, 3.63) is 33.3 Å². The highest BCUT2D eigenvalue weighted by Crippen LogP contribution is 2.38. The van der Waals surface area contributed by atoms with Gasteiger partial charge in [0.15, 0.2) is 0 Å². The van der Waals surface area contributed by atoms with Gasteiger partial charge in [-0.05, 0) is 17.7 Å². The number of hydrogen-bond donors (Lipinski definition) is 1. The first kappa shape index (κ1) is 12.0. The number of nitriles is 1. The van der Waals surface area contributed by atoms with E-state index >= 15 is 0 Å². The molecule has 0 aliphatic carbocycles. The van der Waals surface area contributed by atoms with Gasteiger partial charge in [0, 0.05) is 11.0 Å². The minimum absolute atomic E-state index is 0.0481. The smallest absolute Gasteiger partial charge is 0.326 e. The summed E-state index contributed by atoms with van der Waals surface area (Å²) in [6, 6.07) is 4.19. The predicted octanol–water partition coefficient (Wildman–Crippen LogP) is 2.80. The van der Waals surface area contributed by atoms with Gasteiger partial charge in [-0.2, -0.15) is 18.4 Å². The molecule has 2 N–H and O–H groups in total. The number of nitrogens with two attached hydrogens (primary N) is 1. The van der Waals surface area contributed by atoms with Crippen LogP contribution in [-0.2, 0) is 12.7 Å². The second-order valence-corrected chi connectivity index (χ2v) is 3.62. The molecule has 2 nitrogen and oxygen atoms in total. The second kappa shape index (κ2) is 4.21. The van der Waals surface area contributed by atoms with Crippen LogP contribution >= 0.6 is 15.9 Å². The minimum atomic E-state index is -4.51. The van der Waals surface area contributed by atoms with Crippen molar-refractivity contribution in [2.75, 3.05) is 0 Å². The van der Waals surface area contributed by atoms with Crippen molar-refractivity contribution in [1.82, 2.24) is 0 Å². The summed E-state index contributed by atoms with van der Waals surface area (Å²) in [6.07, 6.45) is -4.51. The quantitative estimate of drug-likeness (QED) is 0.859. The molecule has 0 fully saturated rings. The molecule has 0 aliphatic heterocycles. The van der Waals surface area contributed by atoms with Crippen molar-refractivity contribution >= 4 is 15.9 Å². The molecule has 0 spiro atoms. The van der Waals surface area contributed by atoms with Crippen LogP contribution in [0.5, 0.6) is 0 Å². The summed E-state index contributed by atoms with van der Waals surface area (Å²) in [6.45, 7) is -0.322. The number of nitrogens with zero attached hydrogens (tertiary/aromatic N) is 1. The molecule has 0 atom stereocenters. The molecule has 1 aromatic rings. The van der Waals surface area contributed by atoms with Crippen molar-refractivity contribution in [2.24, 2.45) is 5.73 Å². The molecule has 1 aromatic carbocycles. The third-order valence-corrected chi connectivity index (χ3v) is 2.53. The molecular weight excluding hydrogens is 273 g/mol. The average molecular weight is 279 g/mol. The number of halogens is 4. The van der Waals surface area contributed by atoms with Gasteiger partial charge in [0.1, 0.15) is 0 Å². The van der Waals surface area contributed by atoms with E-state index in [1.807, 2.05) is 0 Å². The zero-order valence-corrected chi connectivity index (χ0v) is 8.98. The molecule has 0 aliphatic rings. The summed E-state index contributed by atoms with van der Waals surface area (Å²) in [5.41, 5.74) is 4.12. The summed E-state index contributed by atoms with van der Waals surface area (Å²) in [4.78, 5) is 0. The van der Waals surface area contributed by atoms with E-state index in [0.717, 1.165) is 0 Å². The molecule has 15 heavy (non-hydrogen) atoms. The van der Waals surface area contributed by atoms with E-state index in [-0.39, 0.29) is 22.1 Å². The zero-order chi connectivity index (χ0) is 11.6. The molecule has 1 rings (SSSR count). The van der Waals surface area contributed by atoms with E-state index in [2.05, 4.69) is 15.9 Å². The van der Waals surface area contributed by atoms with Gasteiger partial charge in [0.05, 0.1) is 17.2 Å². The van der Waals surface area contributed by atoms with Crippen LogP contribution in [0.25, 0.3) is 0 Å². The maximum atomic E-state index is 12.6.